The number of aromatic nitrogens is 2. The van der Waals surface area contributed by atoms with Crippen LogP contribution in [0.3, 0.4) is 0 Å². The molecule has 0 fully saturated rings. The van der Waals surface area contributed by atoms with E-state index in [9.17, 15) is 4.39 Å². The van der Waals surface area contributed by atoms with Crippen molar-refractivity contribution in [2.75, 3.05) is 0 Å². The lowest BCUT2D eigenvalue weighted by Gasteiger charge is -2.02. The summed E-state index contributed by atoms with van der Waals surface area (Å²) in [6.07, 6.45) is 0. The smallest absolute Gasteiger partial charge is 0.218 e. The summed E-state index contributed by atoms with van der Waals surface area (Å²) in [7, 11) is 0. The minimum Gasteiger partial charge on any atom is -0.218 e. The van der Waals surface area contributed by atoms with Gasteiger partial charge < -0.3 is 0 Å². The number of hydrogen-bond acceptors (Lipinski definition) is 2. The third-order valence-corrected chi connectivity index (χ3v) is 2.49. The van der Waals surface area contributed by atoms with Crippen molar-refractivity contribution in [1.82, 2.24) is 9.97 Å². The van der Waals surface area contributed by atoms with Crippen molar-refractivity contribution in [2.24, 2.45) is 0 Å². The van der Waals surface area contributed by atoms with Gasteiger partial charge in [0.05, 0.1) is 15.9 Å². The van der Waals surface area contributed by atoms with Crippen LogP contribution in [0.25, 0.3) is 10.9 Å². The molecule has 0 atom stereocenters. The van der Waals surface area contributed by atoms with Gasteiger partial charge >= 0.3 is 0 Å². The zero-order valence-corrected chi connectivity index (χ0v) is 8.83. The molecule has 0 amide bonds. The van der Waals surface area contributed by atoms with Crippen LogP contribution in [0.1, 0.15) is 0 Å². The summed E-state index contributed by atoms with van der Waals surface area (Å²) in [5.74, 6) is -0.563. The highest BCUT2D eigenvalue weighted by Gasteiger charge is 2.11. The minimum atomic E-state index is -0.563. The molecule has 0 saturated carbocycles. The predicted molar refractivity (Wildman–Crippen MR) is 54.5 cm³/mol. The molecule has 0 unspecified atom stereocenters. The largest absolute Gasteiger partial charge is 0.224 e. The molecular formula is C8H2Cl3FN2. The molecule has 0 aliphatic rings. The number of halogens is 4. The Balaban J connectivity index is 2.95. The first-order chi connectivity index (χ1) is 6.59. The average molecular weight is 251 g/mol. The van der Waals surface area contributed by atoms with Crippen LogP contribution in [-0.2, 0) is 0 Å². The molecule has 0 spiro atoms. The number of hydrogen-bond donors (Lipinski definition) is 0. The van der Waals surface area contributed by atoms with Crippen LogP contribution in [0, 0.1) is 5.82 Å². The Hall–Kier alpha value is -0.640. The normalized spacial score (nSPS) is 10.9. The highest BCUT2D eigenvalue weighted by Crippen LogP contribution is 2.30. The van der Waals surface area contributed by atoms with Crippen molar-refractivity contribution >= 4 is 45.7 Å². The molecule has 0 N–H and O–H groups in total. The van der Waals surface area contributed by atoms with Gasteiger partial charge in [-0.05, 0) is 23.7 Å². The van der Waals surface area contributed by atoms with Gasteiger partial charge in [0.15, 0.2) is 0 Å². The van der Waals surface area contributed by atoms with Crippen molar-refractivity contribution in [1.29, 1.82) is 0 Å². The Kier molecular flexibility index (Phi) is 2.47. The van der Waals surface area contributed by atoms with Gasteiger partial charge in [-0.2, -0.15) is 0 Å². The summed E-state index contributed by atoms with van der Waals surface area (Å²) in [4.78, 5) is 7.53. The first-order valence-electron chi connectivity index (χ1n) is 3.56. The second kappa shape index (κ2) is 3.50. The van der Waals surface area contributed by atoms with E-state index in [1.807, 2.05) is 0 Å². The Morgan fingerprint density at radius 1 is 1.07 bits per heavy atom. The van der Waals surface area contributed by atoms with Crippen LogP contribution >= 0.6 is 34.8 Å². The third kappa shape index (κ3) is 1.52. The zero-order valence-electron chi connectivity index (χ0n) is 6.56. The van der Waals surface area contributed by atoms with E-state index < -0.39 is 5.82 Å². The maximum absolute atomic E-state index is 13.1. The van der Waals surface area contributed by atoms with E-state index in [0.29, 0.717) is 5.52 Å². The molecule has 72 valence electrons. The minimum absolute atomic E-state index is 0.00479. The van der Waals surface area contributed by atoms with Crippen molar-refractivity contribution < 1.29 is 4.39 Å². The average Bonchev–Trinajstić information content (AvgIpc) is 2.10. The van der Waals surface area contributed by atoms with E-state index in [2.05, 4.69) is 9.97 Å². The van der Waals surface area contributed by atoms with E-state index in [4.69, 9.17) is 34.8 Å². The van der Waals surface area contributed by atoms with Crippen molar-refractivity contribution in [3.63, 3.8) is 0 Å². The van der Waals surface area contributed by atoms with Gasteiger partial charge in [0.2, 0.25) is 5.28 Å². The van der Waals surface area contributed by atoms with Crippen LogP contribution < -0.4 is 0 Å². The molecule has 0 bridgehead atoms. The monoisotopic (exact) mass is 250 g/mol. The highest BCUT2D eigenvalue weighted by molar-refractivity contribution is 6.42. The zero-order chi connectivity index (χ0) is 10.3. The Morgan fingerprint density at radius 3 is 2.50 bits per heavy atom. The summed E-state index contributed by atoms with van der Waals surface area (Å²) >= 11 is 17.0. The lowest BCUT2D eigenvalue weighted by Crippen LogP contribution is -1.89. The molecule has 2 rings (SSSR count). The molecule has 2 nitrogen and oxygen atoms in total. The molecule has 14 heavy (non-hydrogen) atoms. The molecule has 2 aromatic rings. The maximum Gasteiger partial charge on any atom is 0.224 e. The molecule has 0 aliphatic heterocycles. The van der Waals surface area contributed by atoms with Gasteiger partial charge in [0, 0.05) is 0 Å². The molecule has 1 aromatic heterocycles. The topological polar surface area (TPSA) is 25.8 Å². The molecule has 0 saturated heterocycles. The fraction of sp³-hybridized carbons (Fsp3) is 0. The number of benzene rings is 1. The number of rotatable bonds is 0. The first kappa shape index (κ1) is 9.90. The van der Waals surface area contributed by atoms with Gasteiger partial charge in [-0.3, -0.25) is 0 Å². The van der Waals surface area contributed by atoms with Crippen molar-refractivity contribution in [3.8, 4) is 0 Å². The summed E-state index contributed by atoms with van der Waals surface area (Å²) in [6.45, 7) is 0. The van der Waals surface area contributed by atoms with Gasteiger partial charge in [-0.15, -0.1) is 0 Å². The second-order valence-corrected chi connectivity index (χ2v) is 3.61. The fourth-order valence-electron chi connectivity index (χ4n) is 1.09. The standard InChI is InChI=1S/C8H2Cl3FN2/c9-6-3(12)1-2-4-5(6)7(10)14-8(11)13-4/h1-2H. The maximum atomic E-state index is 13.1. The molecule has 0 aliphatic carbocycles. The summed E-state index contributed by atoms with van der Waals surface area (Å²) in [5, 5.41) is 0.233. The van der Waals surface area contributed by atoms with E-state index in [1.165, 1.54) is 12.1 Å². The Labute approximate surface area is 93.6 Å². The van der Waals surface area contributed by atoms with Gasteiger partial charge in [-0.25, -0.2) is 14.4 Å². The van der Waals surface area contributed by atoms with E-state index in [0.717, 1.165) is 0 Å². The van der Waals surface area contributed by atoms with Crippen LogP contribution in [0.4, 0.5) is 4.39 Å². The molecular weight excluding hydrogens is 249 g/mol. The van der Waals surface area contributed by atoms with Crippen LogP contribution in [0.2, 0.25) is 15.5 Å². The second-order valence-electron chi connectivity index (χ2n) is 2.54. The summed E-state index contributed by atoms with van der Waals surface area (Å²) < 4.78 is 13.1. The predicted octanol–water partition coefficient (Wildman–Crippen LogP) is 3.73. The summed E-state index contributed by atoms with van der Waals surface area (Å²) in [5.41, 5.74) is 0.418. The molecule has 1 heterocycles. The number of fused-ring (bicyclic) bond motifs is 1. The quantitative estimate of drug-likeness (QED) is 0.527. The van der Waals surface area contributed by atoms with Crippen molar-refractivity contribution in [2.45, 2.75) is 0 Å². The SMILES string of the molecule is Fc1ccc2nc(Cl)nc(Cl)c2c1Cl. The van der Waals surface area contributed by atoms with E-state index in [1.54, 1.807) is 0 Å². The van der Waals surface area contributed by atoms with E-state index >= 15 is 0 Å². The first-order valence-corrected chi connectivity index (χ1v) is 4.69. The lowest BCUT2D eigenvalue weighted by atomic mass is 10.2. The van der Waals surface area contributed by atoms with Crippen molar-refractivity contribution in [3.05, 3.63) is 33.4 Å². The molecule has 1 aromatic carbocycles. The molecule has 6 heteroatoms. The van der Waals surface area contributed by atoms with E-state index in [-0.39, 0.29) is 20.8 Å². The number of nitrogens with zero attached hydrogens (tertiary/aromatic N) is 2. The van der Waals surface area contributed by atoms with Crippen LogP contribution in [0.5, 0.6) is 0 Å². The van der Waals surface area contributed by atoms with Gasteiger partial charge in [0.1, 0.15) is 11.0 Å². The Bertz CT molecular complexity index is 515. The molecule has 0 radical (unpaired) electrons. The van der Waals surface area contributed by atoms with Gasteiger partial charge in [-0.1, -0.05) is 23.2 Å². The summed E-state index contributed by atoms with van der Waals surface area (Å²) in [6, 6.07) is 2.64. The highest BCUT2D eigenvalue weighted by atomic mass is 35.5. The Morgan fingerprint density at radius 2 is 1.79 bits per heavy atom. The fourth-order valence-corrected chi connectivity index (χ4v) is 1.88. The lowest BCUT2D eigenvalue weighted by molar-refractivity contribution is 0.630. The van der Waals surface area contributed by atoms with Gasteiger partial charge in [0.25, 0.3) is 0 Å². The van der Waals surface area contributed by atoms with Crippen LogP contribution in [-0.4, -0.2) is 9.97 Å². The van der Waals surface area contributed by atoms with Crippen LogP contribution in [0.15, 0.2) is 12.1 Å². The third-order valence-electron chi connectivity index (χ3n) is 1.68.